The van der Waals surface area contributed by atoms with Crippen molar-refractivity contribution in [3.05, 3.63) is 95.1 Å². The molecule has 7 heteroatoms. The average molecular weight is 488 g/mol. The van der Waals surface area contributed by atoms with Crippen LogP contribution < -0.4 is 9.47 Å². The SMILES string of the molecule is CCOc1cccc(/C(O)=C2\C(=O)C(=O)N(CCc3ccccc3)C2c2ccc(O)c(OCC)c2)c1. The number of hydrogen-bond acceptors (Lipinski definition) is 6. The van der Waals surface area contributed by atoms with Gasteiger partial charge in [0.1, 0.15) is 11.5 Å². The molecule has 1 unspecified atom stereocenters. The zero-order chi connectivity index (χ0) is 25.7. The Kier molecular flexibility index (Phi) is 7.59. The third-order valence-corrected chi connectivity index (χ3v) is 6.04. The van der Waals surface area contributed by atoms with E-state index in [1.165, 1.54) is 11.0 Å². The highest BCUT2D eigenvalue weighted by Crippen LogP contribution is 2.42. The fourth-order valence-corrected chi connectivity index (χ4v) is 4.38. The van der Waals surface area contributed by atoms with E-state index in [0.29, 0.717) is 36.5 Å². The first-order valence-electron chi connectivity index (χ1n) is 12.0. The van der Waals surface area contributed by atoms with E-state index in [4.69, 9.17) is 9.47 Å². The Morgan fingerprint density at radius 3 is 2.39 bits per heavy atom. The van der Waals surface area contributed by atoms with Gasteiger partial charge in [-0.15, -0.1) is 0 Å². The molecule has 1 heterocycles. The molecule has 1 fully saturated rings. The van der Waals surface area contributed by atoms with E-state index in [-0.39, 0.29) is 29.4 Å². The predicted octanol–water partition coefficient (Wildman–Crippen LogP) is 4.85. The molecular formula is C29H29NO6. The summed E-state index contributed by atoms with van der Waals surface area (Å²) in [6.07, 6.45) is 0.528. The largest absolute Gasteiger partial charge is 0.507 e. The number of Topliss-reactive ketones (excluding diaryl/α,β-unsaturated/α-hetero) is 1. The first-order chi connectivity index (χ1) is 17.4. The maximum absolute atomic E-state index is 13.3. The van der Waals surface area contributed by atoms with Crippen molar-refractivity contribution in [1.82, 2.24) is 4.90 Å². The van der Waals surface area contributed by atoms with Crippen molar-refractivity contribution in [3.8, 4) is 17.2 Å². The Labute approximate surface area is 210 Å². The summed E-state index contributed by atoms with van der Waals surface area (Å²) in [5.74, 6) is -1.01. The number of ether oxygens (including phenoxy) is 2. The molecule has 0 aliphatic carbocycles. The number of benzene rings is 3. The highest BCUT2D eigenvalue weighted by atomic mass is 16.5. The molecule has 186 valence electrons. The van der Waals surface area contributed by atoms with Gasteiger partial charge in [0.15, 0.2) is 11.5 Å². The van der Waals surface area contributed by atoms with E-state index in [1.54, 1.807) is 43.3 Å². The maximum Gasteiger partial charge on any atom is 0.295 e. The molecule has 1 atom stereocenters. The van der Waals surface area contributed by atoms with Gasteiger partial charge in [0, 0.05) is 12.1 Å². The van der Waals surface area contributed by atoms with Crippen LogP contribution in [-0.2, 0) is 16.0 Å². The van der Waals surface area contributed by atoms with Crippen molar-refractivity contribution < 1.29 is 29.3 Å². The van der Waals surface area contributed by atoms with Gasteiger partial charge < -0.3 is 24.6 Å². The lowest BCUT2D eigenvalue weighted by molar-refractivity contribution is -0.139. The molecule has 3 aromatic rings. The molecule has 2 N–H and O–H groups in total. The number of nitrogens with zero attached hydrogens (tertiary/aromatic N) is 1. The molecule has 0 aromatic heterocycles. The summed E-state index contributed by atoms with van der Waals surface area (Å²) in [4.78, 5) is 28.0. The molecule has 1 amide bonds. The van der Waals surface area contributed by atoms with Crippen molar-refractivity contribution in [3.63, 3.8) is 0 Å². The van der Waals surface area contributed by atoms with Gasteiger partial charge in [0.25, 0.3) is 11.7 Å². The van der Waals surface area contributed by atoms with Crippen molar-refractivity contribution in [2.45, 2.75) is 26.3 Å². The molecule has 36 heavy (non-hydrogen) atoms. The van der Waals surface area contributed by atoms with Crippen LogP contribution in [0.1, 0.15) is 36.6 Å². The molecule has 4 rings (SSSR count). The number of carbonyl (C=O) groups excluding carboxylic acids is 2. The standard InChI is InChI=1S/C29H29NO6/c1-3-35-22-12-8-11-21(17-22)27(32)25-26(20-13-14-23(31)24(18-20)36-4-2)30(29(34)28(25)33)16-15-19-9-6-5-7-10-19/h5-14,17-18,26,31-32H,3-4,15-16H2,1-2H3/b27-25+. The molecule has 0 radical (unpaired) electrons. The molecule has 0 spiro atoms. The normalized spacial score (nSPS) is 16.8. The first kappa shape index (κ1) is 24.9. The number of hydrogen-bond donors (Lipinski definition) is 2. The number of aromatic hydroxyl groups is 1. The summed E-state index contributed by atoms with van der Waals surface area (Å²) in [5, 5.41) is 21.5. The lowest BCUT2D eigenvalue weighted by Crippen LogP contribution is -2.31. The minimum atomic E-state index is -0.857. The number of phenols is 1. The van der Waals surface area contributed by atoms with Crippen molar-refractivity contribution in [1.29, 1.82) is 0 Å². The molecule has 0 bridgehead atoms. The van der Waals surface area contributed by atoms with Crippen LogP contribution >= 0.6 is 0 Å². The second kappa shape index (κ2) is 11.0. The second-order valence-electron chi connectivity index (χ2n) is 8.35. The van der Waals surface area contributed by atoms with Gasteiger partial charge in [0.05, 0.1) is 24.8 Å². The summed E-state index contributed by atoms with van der Waals surface area (Å²) in [7, 11) is 0. The number of aliphatic hydroxyl groups is 1. The third kappa shape index (κ3) is 5.05. The molecule has 1 saturated heterocycles. The quantitative estimate of drug-likeness (QED) is 0.254. The van der Waals surface area contributed by atoms with Crippen LogP contribution in [0.25, 0.3) is 5.76 Å². The number of phenolic OH excluding ortho intramolecular Hbond substituents is 1. The fraction of sp³-hybridized carbons (Fsp3) is 0.241. The number of ketones is 1. The maximum atomic E-state index is 13.3. The minimum Gasteiger partial charge on any atom is -0.507 e. The molecule has 0 saturated carbocycles. The third-order valence-electron chi connectivity index (χ3n) is 6.04. The van der Waals surface area contributed by atoms with E-state index in [2.05, 4.69) is 0 Å². The van der Waals surface area contributed by atoms with Gasteiger partial charge >= 0.3 is 0 Å². The van der Waals surface area contributed by atoms with Crippen LogP contribution in [0.15, 0.2) is 78.4 Å². The monoisotopic (exact) mass is 487 g/mol. The van der Waals surface area contributed by atoms with Gasteiger partial charge in [-0.05, 0) is 55.7 Å². The van der Waals surface area contributed by atoms with Gasteiger partial charge in [-0.3, -0.25) is 9.59 Å². The minimum absolute atomic E-state index is 0.0187. The number of likely N-dealkylation sites (tertiary alicyclic amines) is 1. The lowest BCUT2D eigenvalue weighted by Gasteiger charge is -2.26. The van der Waals surface area contributed by atoms with E-state index in [9.17, 15) is 19.8 Å². The second-order valence-corrected chi connectivity index (χ2v) is 8.35. The zero-order valence-electron chi connectivity index (χ0n) is 20.3. The van der Waals surface area contributed by atoms with Crippen LogP contribution in [0, 0.1) is 0 Å². The fourth-order valence-electron chi connectivity index (χ4n) is 4.38. The number of rotatable bonds is 9. The molecule has 1 aliphatic rings. The Bertz CT molecular complexity index is 1280. The Morgan fingerprint density at radius 2 is 1.67 bits per heavy atom. The first-order valence-corrected chi connectivity index (χ1v) is 12.0. The highest BCUT2D eigenvalue weighted by molar-refractivity contribution is 6.46. The predicted molar refractivity (Wildman–Crippen MR) is 136 cm³/mol. The van der Waals surface area contributed by atoms with E-state index < -0.39 is 17.7 Å². The number of carbonyl (C=O) groups is 2. The summed E-state index contributed by atoms with van der Waals surface area (Å²) in [6, 6.07) is 20.3. The summed E-state index contributed by atoms with van der Waals surface area (Å²) in [5.41, 5.74) is 1.92. The summed E-state index contributed by atoms with van der Waals surface area (Å²) >= 11 is 0. The van der Waals surface area contributed by atoms with Gasteiger partial charge in [0.2, 0.25) is 0 Å². The number of aliphatic hydroxyl groups excluding tert-OH is 1. The number of amides is 1. The van der Waals surface area contributed by atoms with E-state index >= 15 is 0 Å². The highest BCUT2D eigenvalue weighted by Gasteiger charge is 2.46. The topological polar surface area (TPSA) is 96.3 Å². The Hall–Kier alpha value is -4.26. The van der Waals surface area contributed by atoms with Crippen molar-refractivity contribution >= 4 is 17.4 Å². The molecule has 7 nitrogen and oxygen atoms in total. The van der Waals surface area contributed by atoms with Crippen molar-refractivity contribution in [2.75, 3.05) is 19.8 Å². The van der Waals surface area contributed by atoms with Gasteiger partial charge in [-0.1, -0.05) is 48.5 Å². The smallest absolute Gasteiger partial charge is 0.295 e. The van der Waals surface area contributed by atoms with Gasteiger partial charge in [-0.25, -0.2) is 0 Å². The van der Waals surface area contributed by atoms with E-state index in [0.717, 1.165) is 5.56 Å². The van der Waals surface area contributed by atoms with Gasteiger partial charge in [-0.2, -0.15) is 0 Å². The lowest BCUT2D eigenvalue weighted by atomic mass is 9.94. The molecular weight excluding hydrogens is 458 g/mol. The van der Waals surface area contributed by atoms with Crippen molar-refractivity contribution in [2.24, 2.45) is 0 Å². The van der Waals surface area contributed by atoms with E-state index in [1.807, 2.05) is 37.3 Å². The van der Waals surface area contributed by atoms with Crippen LogP contribution in [0.5, 0.6) is 17.2 Å². The summed E-state index contributed by atoms with van der Waals surface area (Å²) < 4.78 is 11.1. The van der Waals surface area contributed by atoms with Crippen LogP contribution in [0.2, 0.25) is 0 Å². The zero-order valence-corrected chi connectivity index (χ0v) is 20.3. The average Bonchev–Trinajstić information content (AvgIpc) is 3.14. The molecule has 3 aromatic carbocycles. The summed E-state index contributed by atoms with van der Waals surface area (Å²) in [6.45, 7) is 4.69. The Balaban J connectivity index is 1.82. The van der Waals surface area contributed by atoms with Crippen LogP contribution in [0.4, 0.5) is 0 Å². The van der Waals surface area contributed by atoms with Crippen LogP contribution in [0.3, 0.4) is 0 Å². The Morgan fingerprint density at radius 1 is 0.917 bits per heavy atom. The van der Waals surface area contributed by atoms with Crippen LogP contribution in [-0.4, -0.2) is 46.6 Å². The molecule has 1 aliphatic heterocycles.